The number of carbonyl (C=O) groups excluding carboxylic acids is 4. The number of para-hydroxylation sites is 1. The van der Waals surface area contributed by atoms with Gasteiger partial charge >= 0.3 is 0 Å². The van der Waals surface area contributed by atoms with Gasteiger partial charge in [-0.25, -0.2) is 4.98 Å². The zero-order chi connectivity index (χ0) is 46.4. The van der Waals surface area contributed by atoms with E-state index < -0.39 is 19.1 Å². The van der Waals surface area contributed by atoms with Crippen LogP contribution in [0.25, 0.3) is 0 Å². The van der Waals surface area contributed by atoms with Gasteiger partial charge in [0.25, 0.3) is 5.91 Å². The van der Waals surface area contributed by atoms with E-state index >= 15 is 0 Å². The van der Waals surface area contributed by atoms with Crippen LogP contribution in [0.1, 0.15) is 73.7 Å². The van der Waals surface area contributed by atoms with Crippen LogP contribution in [0.3, 0.4) is 0 Å². The molecule has 4 aromatic rings. The number of fused-ring (bicyclic) bond motifs is 1. The molecule has 1 unspecified atom stereocenters. The fraction of sp³-hybridized carbons (Fsp3) is 0.458. The Morgan fingerprint density at radius 1 is 0.879 bits per heavy atom. The number of imide groups is 1. The average Bonchev–Trinajstić information content (AvgIpc) is 3.65. The Bertz CT molecular complexity index is 2490. The molecule has 0 radical (unpaired) electrons. The minimum Gasteiger partial charge on any atom is -0.494 e. The number of benzene rings is 3. The van der Waals surface area contributed by atoms with Crippen molar-refractivity contribution in [2.75, 3.05) is 87.1 Å². The number of piperazine rings is 1. The molecule has 3 aromatic carbocycles. The topological polar surface area (TPSA) is 181 Å². The number of unbranched alkanes of at least 4 members (excludes halogenated alkanes) is 3. The number of aromatic nitrogens is 2. The van der Waals surface area contributed by atoms with Crippen molar-refractivity contribution in [3.05, 3.63) is 83.0 Å². The molecule has 16 nitrogen and oxygen atoms in total. The Balaban J connectivity index is 0.730. The molecule has 1 aromatic heterocycles. The Hall–Kier alpha value is -5.70. The van der Waals surface area contributed by atoms with Gasteiger partial charge in [0.2, 0.25) is 23.7 Å². The first-order chi connectivity index (χ1) is 31.9. The smallest absolute Gasteiger partial charge is 0.255 e. The first-order valence-corrected chi connectivity index (χ1v) is 26.0. The van der Waals surface area contributed by atoms with Gasteiger partial charge in [0.05, 0.1) is 24.7 Å². The first kappa shape index (κ1) is 46.8. The van der Waals surface area contributed by atoms with Crippen molar-refractivity contribution in [2.45, 2.75) is 76.4 Å². The van der Waals surface area contributed by atoms with Gasteiger partial charge in [0.15, 0.2) is 5.82 Å². The minimum absolute atomic E-state index is 0.172. The molecule has 0 spiro atoms. The van der Waals surface area contributed by atoms with Crippen LogP contribution >= 0.6 is 18.7 Å². The van der Waals surface area contributed by atoms with Crippen LogP contribution in [0.4, 0.5) is 34.5 Å². The number of carbonyl (C=O) groups is 4. The predicted molar refractivity (Wildman–Crippen MR) is 260 cm³/mol. The van der Waals surface area contributed by atoms with Gasteiger partial charge in [0.1, 0.15) is 24.0 Å². The fourth-order valence-corrected chi connectivity index (χ4v) is 10.8. The van der Waals surface area contributed by atoms with Crippen LogP contribution < -0.4 is 36.2 Å². The van der Waals surface area contributed by atoms with Crippen molar-refractivity contribution in [1.82, 2.24) is 30.0 Å². The van der Waals surface area contributed by atoms with E-state index in [2.05, 4.69) is 47.1 Å². The molecule has 4 amide bonds. The van der Waals surface area contributed by atoms with E-state index in [4.69, 9.17) is 16.3 Å². The number of hydrogen-bond acceptors (Lipinski definition) is 13. The number of halogens is 1. The molecule has 4 aliphatic rings. The SMILES string of the molecule is COc1cc(N2CCC(N3CCN(C(=O)CCCCCCNc4cccc5c4CN(C4CCC(=O)NC4=O)C5=O)CC3)CC2)ccc1Nc1ncc(Cl)c(Nc2ccccc2P(C)(C)=O)n1. The molecule has 4 N–H and O–H groups in total. The number of methoxy groups -OCH3 is 1. The lowest BCUT2D eigenvalue weighted by molar-refractivity contribution is -0.137. The maximum atomic E-state index is 13.2. The normalized spacial score (nSPS) is 18.3. The van der Waals surface area contributed by atoms with E-state index in [9.17, 15) is 23.7 Å². The highest BCUT2D eigenvalue weighted by Crippen LogP contribution is 2.39. The van der Waals surface area contributed by atoms with Crippen LogP contribution in [0.2, 0.25) is 5.02 Å². The first-order valence-electron chi connectivity index (χ1n) is 23.0. The van der Waals surface area contributed by atoms with Crippen molar-refractivity contribution in [2.24, 2.45) is 0 Å². The Morgan fingerprint density at radius 3 is 2.39 bits per heavy atom. The van der Waals surface area contributed by atoms with Gasteiger partial charge in [-0.2, -0.15) is 4.98 Å². The third-order valence-corrected chi connectivity index (χ3v) is 15.0. The van der Waals surface area contributed by atoms with Crippen molar-refractivity contribution in [1.29, 1.82) is 0 Å². The second-order valence-electron chi connectivity index (χ2n) is 17.9. The number of amides is 4. The molecule has 0 aliphatic carbocycles. The zero-order valence-electron chi connectivity index (χ0n) is 38.0. The largest absolute Gasteiger partial charge is 0.494 e. The van der Waals surface area contributed by atoms with Gasteiger partial charge in [0, 0.05) is 105 Å². The summed E-state index contributed by atoms with van der Waals surface area (Å²) in [6.45, 7) is 9.72. The maximum Gasteiger partial charge on any atom is 0.255 e. The number of hydrogen-bond donors (Lipinski definition) is 4. The van der Waals surface area contributed by atoms with E-state index in [1.807, 2.05) is 53.4 Å². The maximum absolute atomic E-state index is 13.2. The van der Waals surface area contributed by atoms with Crippen LogP contribution in [0.15, 0.2) is 66.9 Å². The van der Waals surface area contributed by atoms with Gasteiger partial charge in [-0.1, -0.05) is 42.6 Å². The van der Waals surface area contributed by atoms with Crippen LogP contribution in [0.5, 0.6) is 5.75 Å². The molecule has 1 atom stereocenters. The highest BCUT2D eigenvalue weighted by molar-refractivity contribution is 7.70. The van der Waals surface area contributed by atoms with Crippen LogP contribution in [-0.4, -0.2) is 127 Å². The van der Waals surface area contributed by atoms with E-state index in [-0.39, 0.29) is 24.1 Å². The summed E-state index contributed by atoms with van der Waals surface area (Å²) >= 11 is 6.49. The minimum atomic E-state index is -2.55. The third-order valence-electron chi connectivity index (χ3n) is 13.1. The molecule has 18 heteroatoms. The van der Waals surface area contributed by atoms with E-state index in [1.165, 1.54) is 6.20 Å². The van der Waals surface area contributed by atoms with Crippen molar-refractivity contribution >= 4 is 82.2 Å². The lowest BCUT2D eigenvalue weighted by Crippen LogP contribution is -2.54. The molecule has 3 saturated heterocycles. The summed E-state index contributed by atoms with van der Waals surface area (Å²) in [7, 11) is -0.909. The summed E-state index contributed by atoms with van der Waals surface area (Å²) in [6.07, 6.45) is 8.53. The number of rotatable bonds is 17. The number of ether oxygens (including phenoxy) is 1. The zero-order valence-corrected chi connectivity index (χ0v) is 39.6. The lowest BCUT2D eigenvalue weighted by atomic mass is 10.0. The van der Waals surface area contributed by atoms with Crippen LogP contribution in [0, 0.1) is 0 Å². The molecular formula is C48H60ClN10O6P. The number of nitrogens with one attached hydrogen (secondary N) is 4. The summed E-state index contributed by atoms with van der Waals surface area (Å²) in [5.41, 5.74) is 4.88. The summed E-state index contributed by atoms with van der Waals surface area (Å²) in [4.78, 5) is 68.0. The molecule has 5 heterocycles. The Labute approximate surface area is 391 Å². The average molecular weight is 939 g/mol. The van der Waals surface area contributed by atoms with Crippen molar-refractivity contribution in [3.8, 4) is 5.75 Å². The summed E-state index contributed by atoms with van der Waals surface area (Å²) in [5, 5.41) is 13.4. The van der Waals surface area contributed by atoms with E-state index in [0.717, 1.165) is 101 Å². The molecular weight excluding hydrogens is 879 g/mol. The summed E-state index contributed by atoms with van der Waals surface area (Å²) in [6, 6.07) is 19.0. The lowest BCUT2D eigenvalue weighted by Gasteiger charge is -2.43. The van der Waals surface area contributed by atoms with Gasteiger partial charge in [-0.15, -0.1) is 0 Å². The van der Waals surface area contributed by atoms with Gasteiger partial charge in [-0.05, 0) is 81.8 Å². The molecule has 66 heavy (non-hydrogen) atoms. The second kappa shape index (κ2) is 20.9. The molecule has 0 bridgehead atoms. The molecule has 350 valence electrons. The number of anilines is 6. The van der Waals surface area contributed by atoms with Gasteiger partial charge < -0.3 is 40.0 Å². The number of nitrogens with zero attached hydrogens (tertiary/aromatic N) is 6. The molecule has 0 saturated carbocycles. The van der Waals surface area contributed by atoms with Crippen molar-refractivity contribution < 1.29 is 28.5 Å². The Morgan fingerprint density at radius 2 is 1.64 bits per heavy atom. The second-order valence-corrected chi connectivity index (χ2v) is 21.4. The molecule has 3 fully saturated rings. The number of piperidine rings is 2. The standard InChI is InChI=1S/C48H60ClN10O6P/c1-65-41-29-33(16-17-38(41)53-48-51-30-36(49)45(55-48)52-39-12-7-8-14-42(39)66(2,3)64)56-23-20-32(21-24-56)57-25-27-58(28-26-57)44(61)15-6-4-5-9-22-50-37-13-10-11-34-35(37)31-59(47(34)63)40-18-19-43(60)54-46(40)62/h7-8,10-14,16-17,29-30,32,40,50H,4-6,9,15,18-28,31H2,1-3H3,(H,54,60,62)(H2,51,52,53,55). The highest BCUT2D eigenvalue weighted by Gasteiger charge is 2.40. The summed E-state index contributed by atoms with van der Waals surface area (Å²) < 4.78 is 18.7. The highest BCUT2D eigenvalue weighted by atomic mass is 35.5. The van der Waals surface area contributed by atoms with E-state index in [1.54, 1.807) is 31.4 Å². The third kappa shape index (κ3) is 10.9. The summed E-state index contributed by atoms with van der Waals surface area (Å²) in [5.74, 6) is 0.765. The van der Waals surface area contributed by atoms with Crippen LogP contribution in [-0.2, 0) is 25.5 Å². The fourth-order valence-electron chi connectivity index (χ4n) is 9.50. The quantitative estimate of drug-likeness (QED) is 0.0493. The van der Waals surface area contributed by atoms with Crippen molar-refractivity contribution in [3.63, 3.8) is 0 Å². The monoisotopic (exact) mass is 938 g/mol. The van der Waals surface area contributed by atoms with Gasteiger partial charge in [-0.3, -0.25) is 29.4 Å². The molecule has 4 aliphatic heterocycles. The predicted octanol–water partition coefficient (Wildman–Crippen LogP) is 6.81. The molecule has 8 rings (SSSR count). The Kier molecular flexibility index (Phi) is 14.8. The van der Waals surface area contributed by atoms with E-state index in [0.29, 0.717) is 70.2 Å².